The molecule has 0 saturated carbocycles. The monoisotopic (exact) mass is 446 g/mol. The zero-order valence-electron chi connectivity index (χ0n) is 16.0. The van der Waals surface area contributed by atoms with Crippen molar-refractivity contribution in [2.75, 3.05) is 17.7 Å². The van der Waals surface area contributed by atoms with Gasteiger partial charge in [-0.3, -0.25) is 9.59 Å². The standard InChI is InChI=1S/C22H14N4O3S2/c27-18-9-29-17-7-6-13(8-15(17)23-18)16-11-31-22-24-20-19(21(28)26(22)25-16)14(10-30-20)12-4-2-1-3-5-12/h1-8,10H,9,11H2,(H,23,27). The third-order valence-corrected chi connectivity index (χ3v) is 6.96. The number of benzene rings is 2. The van der Waals surface area contributed by atoms with Crippen molar-refractivity contribution in [3.8, 4) is 16.9 Å². The van der Waals surface area contributed by atoms with Crippen LogP contribution >= 0.6 is 23.1 Å². The molecule has 152 valence electrons. The molecule has 4 aromatic rings. The number of hydrogen-bond donors (Lipinski definition) is 1. The van der Waals surface area contributed by atoms with Gasteiger partial charge >= 0.3 is 0 Å². The molecule has 2 aromatic heterocycles. The van der Waals surface area contributed by atoms with Gasteiger partial charge in [-0.05, 0) is 23.8 Å². The van der Waals surface area contributed by atoms with E-state index < -0.39 is 0 Å². The lowest BCUT2D eigenvalue weighted by Gasteiger charge is -2.20. The van der Waals surface area contributed by atoms with Crippen LogP contribution in [0.4, 0.5) is 5.69 Å². The number of hydrogen-bond acceptors (Lipinski definition) is 7. The summed E-state index contributed by atoms with van der Waals surface area (Å²) < 4.78 is 6.82. The smallest absolute Gasteiger partial charge is 0.284 e. The third kappa shape index (κ3) is 3.05. The molecule has 2 aromatic carbocycles. The minimum Gasteiger partial charge on any atom is -0.482 e. The summed E-state index contributed by atoms with van der Waals surface area (Å²) >= 11 is 2.94. The Morgan fingerprint density at radius 2 is 1.94 bits per heavy atom. The zero-order valence-corrected chi connectivity index (χ0v) is 17.6. The molecule has 9 heteroatoms. The van der Waals surface area contributed by atoms with Crippen LogP contribution in [0.3, 0.4) is 0 Å². The number of anilines is 1. The minimum absolute atomic E-state index is 0.0119. The maximum Gasteiger partial charge on any atom is 0.284 e. The van der Waals surface area contributed by atoms with Gasteiger partial charge in [0, 0.05) is 22.3 Å². The van der Waals surface area contributed by atoms with Gasteiger partial charge in [-0.2, -0.15) is 9.78 Å². The van der Waals surface area contributed by atoms with Gasteiger partial charge in [0.15, 0.2) is 11.8 Å². The number of nitrogens with zero attached hydrogens (tertiary/aromatic N) is 3. The van der Waals surface area contributed by atoms with E-state index in [2.05, 4.69) is 10.4 Å². The van der Waals surface area contributed by atoms with E-state index in [0.29, 0.717) is 27.7 Å². The van der Waals surface area contributed by atoms with Crippen LogP contribution in [0.2, 0.25) is 0 Å². The summed E-state index contributed by atoms with van der Waals surface area (Å²) in [5.74, 6) is 1.01. The van der Waals surface area contributed by atoms with E-state index in [1.807, 2.05) is 53.9 Å². The normalized spacial score (nSPS) is 15.0. The highest BCUT2D eigenvalue weighted by atomic mass is 32.2. The summed E-state index contributed by atoms with van der Waals surface area (Å²) in [5, 5.41) is 10.6. The predicted molar refractivity (Wildman–Crippen MR) is 123 cm³/mol. The molecule has 1 N–H and O–H groups in total. The largest absolute Gasteiger partial charge is 0.482 e. The van der Waals surface area contributed by atoms with Gasteiger partial charge in [0.05, 0.1) is 16.8 Å². The molecule has 0 saturated heterocycles. The summed E-state index contributed by atoms with van der Waals surface area (Å²) in [6, 6.07) is 15.3. The van der Waals surface area contributed by atoms with Crippen LogP contribution in [0.5, 0.6) is 5.75 Å². The molecule has 31 heavy (non-hydrogen) atoms. The Morgan fingerprint density at radius 1 is 1.06 bits per heavy atom. The van der Waals surface area contributed by atoms with Crippen molar-refractivity contribution in [1.82, 2.24) is 9.66 Å². The Kier molecular flexibility index (Phi) is 4.18. The molecule has 1 amide bonds. The van der Waals surface area contributed by atoms with Gasteiger partial charge in [-0.15, -0.1) is 11.3 Å². The maximum atomic E-state index is 13.4. The second-order valence-corrected chi connectivity index (χ2v) is 8.89. The SMILES string of the molecule is O=C1COc2ccc(C3=Nn4c(nc5scc(-c6ccccc6)c5c4=O)SC3)cc2N1. The molecule has 2 aliphatic heterocycles. The molecule has 0 unspecified atom stereocenters. The number of aromatic nitrogens is 2. The lowest BCUT2D eigenvalue weighted by atomic mass is 10.1. The average molecular weight is 447 g/mol. The van der Waals surface area contributed by atoms with E-state index in [1.165, 1.54) is 27.8 Å². The molecule has 0 bridgehead atoms. The predicted octanol–water partition coefficient (Wildman–Crippen LogP) is 3.81. The van der Waals surface area contributed by atoms with Crippen molar-refractivity contribution in [1.29, 1.82) is 0 Å². The molecular weight excluding hydrogens is 432 g/mol. The minimum atomic E-state index is -0.191. The van der Waals surface area contributed by atoms with Gasteiger partial charge in [0.1, 0.15) is 10.6 Å². The maximum absolute atomic E-state index is 13.4. The van der Waals surface area contributed by atoms with E-state index in [0.717, 1.165) is 27.2 Å². The summed E-state index contributed by atoms with van der Waals surface area (Å²) in [6.45, 7) is 0.0119. The number of thiophene rings is 1. The third-order valence-electron chi connectivity index (χ3n) is 5.15. The van der Waals surface area contributed by atoms with Crippen LogP contribution in [0, 0.1) is 0 Å². The highest BCUT2D eigenvalue weighted by Crippen LogP contribution is 2.34. The molecule has 6 rings (SSSR count). The van der Waals surface area contributed by atoms with E-state index in [9.17, 15) is 9.59 Å². The van der Waals surface area contributed by atoms with Crippen molar-refractivity contribution in [3.63, 3.8) is 0 Å². The molecule has 0 spiro atoms. The molecule has 0 fully saturated rings. The fourth-order valence-corrected chi connectivity index (χ4v) is 5.55. The van der Waals surface area contributed by atoms with E-state index in [4.69, 9.17) is 9.72 Å². The van der Waals surface area contributed by atoms with Crippen LogP contribution < -0.4 is 15.6 Å². The number of fused-ring (bicyclic) bond motifs is 3. The number of carbonyl (C=O) groups excluding carboxylic acids is 1. The fourth-order valence-electron chi connectivity index (χ4n) is 3.66. The summed E-state index contributed by atoms with van der Waals surface area (Å²) in [5.41, 5.74) is 3.83. The highest BCUT2D eigenvalue weighted by molar-refractivity contribution is 7.99. The first-order chi connectivity index (χ1) is 15.2. The van der Waals surface area contributed by atoms with Gasteiger partial charge in [0.25, 0.3) is 11.5 Å². The molecule has 2 aliphatic rings. The van der Waals surface area contributed by atoms with Crippen LogP contribution in [0.25, 0.3) is 21.3 Å². The highest BCUT2D eigenvalue weighted by Gasteiger charge is 2.23. The number of rotatable bonds is 2. The number of amides is 1. The Bertz CT molecular complexity index is 1460. The zero-order chi connectivity index (χ0) is 20.9. The Morgan fingerprint density at radius 3 is 2.81 bits per heavy atom. The van der Waals surface area contributed by atoms with E-state index in [1.54, 1.807) is 0 Å². The van der Waals surface area contributed by atoms with Crippen molar-refractivity contribution >= 4 is 50.6 Å². The molecule has 0 atom stereocenters. The Balaban J connectivity index is 1.48. The topological polar surface area (TPSA) is 85.6 Å². The van der Waals surface area contributed by atoms with Gasteiger partial charge in [-0.25, -0.2) is 4.98 Å². The first-order valence-corrected chi connectivity index (χ1v) is 11.4. The van der Waals surface area contributed by atoms with E-state index in [-0.39, 0.29) is 18.1 Å². The van der Waals surface area contributed by atoms with Crippen LogP contribution in [0.15, 0.2) is 69.0 Å². The summed E-state index contributed by atoms with van der Waals surface area (Å²) in [4.78, 5) is 30.5. The number of carbonyl (C=O) groups is 1. The molecule has 4 heterocycles. The van der Waals surface area contributed by atoms with Crippen molar-refractivity contribution in [2.24, 2.45) is 5.10 Å². The van der Waals surface area contributed by atoms with Crippen molar-refractivity contribution in [2.45, 2.75) is 5.16 Å². The molecule has 0 radical (unpaired) electrons. The molecule has 7 nitrogen and oxygen atoms in total. The Hall–Kier alpha value is -3.43. The summed E-state index contributed by atoms with van der Waals surface area (Å²) in [7, 11) is 0. The van der Waals surface area contributed by atoms with Crippen LogP contribution in [-0.4, -0.2) is 33.6 Å². The van der Waals surface area contributed by atoms with Crippen molar-refractivity contribution < 1.29 is 9.53 Å². The quantitative estimate of drug-likeness (QED) is 0.473. The summed E-state index contributed by atoms with van der Waals surface area (Å²) in [6.07, 6.45) is 0. The second-order valence-electron chi connectivity index (χ2n) is 7.09. The molecular formula is C22H14N4O3S2. The van der Waals surface area contributed by atoms with E-state index >= 15 is 0 Å². The number of ether oxygens (including phenoxy) is 1. The van der Waals surface area contributed by atoms with Crippen LogP contribution in [0.1, 0.15) is 5.56 Å². The first kappa shape index (κ1) is 18.3. The van der Waals surface area contributed by atoms with Gasteiger partial charge in [0.2, 0.25) is 0 Å². The first-order valence-electron chi connectivity index (χ1n) is 9.55. The van der Waals surface area contributed by atoms with Gasteiger partial charge < -0.3 is 10.1 Å². The van der Waals surface area contributed by atoms with Crippen molar-refractivity contribution in [3.05, 3.63) is 69.8 Å². The lowest BCUT2D eigenvalue weighted by molar-refractivity contribution is -0.118. The fraction of sp³-hybridized carbons (Fsp3) is 0.0909. The lowest BCUT2D eigenvalue weighted by Crippen LogP contribution is -2.27. The second kappa shape index (κ2) is 7.07. The van der Waals surface area contributed by atoms with Gasteiger partial charge in [-0.1, -0.05) is 42.1 Å². The van der Waals surface area contributed by atoms with Crippen LogP contribution in [-0.2, 0) is 4.79 Å². The number of thioether (sulfide) groups is 1. The Labute approximate surface area is 184 Å². The average Bonchev–Trinajstić information content (AvgIpc) is 3.23. The number of nitrogens with one attached hydrogen (secondary N) is 1. The molecule has 0 aliphatic carbocycles.